The van der Waals surface area contributed by atoms with E-state index in [0.717, 1.165) is 28.0 Å². The molecule has 0 aliphatic heterocycles. The molecule has 1 aromatic heterocycles. The molecular formula is C21H14ClN3OS. The molecule has 0 spiro atoms. The second-order valence-electron chi connectivity index (χ2n) is 6.00. The van der Waals surface area contributed by atoms with Gasteiger partial charge < -0.3 is 0 Å². The Bertz CT molecular complexity index is 1270. The lowest BCUT2D eigenvalue weighted by Crippen LogP contribution is -2.31. The van der Waals surface area contributed by atoms with Gasteiger partial charge in [0.2, 0.25) is 0 Å². The SMILES string of the molecule is Cc1ccc(-n2c(=C(C#N)C#N)s/c(=C/c3ccc(Cl)cc3)c2=O)c(C)c1. The van der Waals surface area contributed by atoms with Gasteiger partial charge in [0.05, 0.1) is 10.2 Å². The van der Waals surface area contributed by atoms with Gasteiger partial charge in [-0.3, -0.25) is 9.36 Å². The number of nitriles is 2. The molecule has 0 aliphatic rings. The van der Waals surface area contributed by atoms with Crippen LogP contribution in [0.2, 0.25) is 5.02 Å². The number of aryl methyl sites for hydroxylation is 2. The van der Waals surface area contributed by atoms with Crippen molar-refractivity contribution in [3.8, 4) is 17.8 Å². The molecule has 0 unspecified atom stereocenters. The molecule has 0 atom stereocenters. The molecule has 0 saturated carbocycles. The van der Waals surface area contributed by atoms with Crippen molar-refractivity contribution < 1.29 is 0 Å². The summed E-state index contributed by atoms with van der Waals surface area (Å²) in [5.41, 5.74) is 3.08. The van der Waals surface area contributed by atoms with Crippen LogP contribution in [0.15, 0.2) is 47.3 Å². The summed E-state index contributed by atoms with van der Waals surface area (Å²) in [5.74, 6) is 0. The smallest absolute Gasteiger partial charge is 0.267 e. The Morgan fingerprint density at radius 2 is 1.78 bits per heavy atom. The van der Waals surface area contributed by atoms with Gasteiger partial charge in [-0.05, 0) is 49.2 Å². The predicted octanol–water partition coefficient (Wildman–Crippen LogP) is 3.20. The highest BCUT2D eigenvalue weighted by Gasteiger charge is 2.13. The molecule has 27 heavy (non-hydrogen) atoms. The van der Waals surface area contributed by atoms with Gasteiger partial charge in [0, 0.05) is 5.02 Å². The first-order valence-electron chi connectivity index (χ1n) is 8.06. The van der Waals surface area contributed by atoms with Crippen LogP contribution in [-0.2, 0) is 0 Å². The van der Waals surface area contributed by atoms with Gasteiger partial charge in [0.1, 0.15) is 16.8 Å². The zero-order valence-electron chi connectivity index (χ0n) is 14.7. The molecule has 0 radical (unpaired) electrons. The van der Waals surface area contributed by atoms with Gasteiger partial charge in [-0.25, -0.2) is 0 Å². The van der Waals surface area contributed by atoms with E-state index >= 15 is 0 Å². The first-order chi connectivity index (χ1) is 12.9. The van der Waals surface area contributed by atoms with Crippen molar-refractivity contribution in [2.75, 3.05) is 0 Å². The van der Waals surface area contributed by atoms with Crippen LogP contribution in [0, 0.1) is 36.5 Å². The van der Waals surface area contributed by atoms with Crippen LogP contribution >= 0.6 is 22.9 Å². The molecule has 2 aromatic carbocycles. The number of halogens is 1. The third-order valence-corrected chi connectivity index (χ3v) is 5.37. The number of nitrogens with zero attached hydrogens (tertiary/aromatic N) is 3. The Morgan fingerprint density at radius 1 is 1.11 bits per heavy atom. The Hall–Kier alpha value is -3.12. The van der Waals surface area contributed by atoms with Gasteiger partial charge in [-0.2, -0.15) is 10.5 Å². The Morgan fingerprint density at radius 3 is 2.37 bits per heavy atom. The maximum absolute atomic E-state index is 13.1. The van der Waals surface area contributed by atoms with E-state index in [0.29, 0.717) is 19.9 Å². The van der Waals surface area contributed by atoms with Crippen molar-refractivity contribution >= 4 is 34.6 Å². The molecule has 0 fully saturated rings. The molecule has 3 rings (SSSR count). The van der Waals surface area contributed by atoms with Gasteiger partial charge in [-0.1, -0.05) is 41.4 Å². The maximum atomic E-state index is 13.1. The Kier molecular flexibility index (Phi) is 5.28. The Labute approximate surface area is 165 Å². The lowest BCUT2D eigenvalue weighted by molar-refractivity contribution is 0.973. The van der Waals surface area contributed by atoms with Crippen LogP contribution in [-0.4, -0.2) is 4.57 Å². The van der Waals surface area contributed by atoms with Crippen molar-refractivity contribution in [2.45, 2.75) is 13.8 Å². The van der Waals surface area contributed by atoms with Crippen molar-refractivity contribution in [3.63, 3.8) is 0 Å². The molecule has 132 valence electrons. The number of hydrogen-bond donors (Lipinski definition) is 0. The first-order valence-corrected chi connectivity index (χ1v) is 9.25. The summed E-state index contributed by atoms with van der Waals surface area (Å²) in [6.07, 6.45) is 1.74. The fourth-order valence-electron chi connectivity index (χ4n) is 2.76. The predicted molar refractivity (Wildman–Crippen MR) is 108 cm³/mol. The van der Waals surface area contributed by atoms with Crippen LogP contribution < -0.4 is 14.8 Å². The summed E-state index contributed by atoms with van der Waals surface area (Å²) in [7, 11) is 0. The average Bonchev–Trinajstić information content (AvgIpc) is 2.95. The summed E-state index contributed by atoms with van der Waals surface area (Å²) < 4.78 is 2.22. The van der Waals surface area contributed by atoms with E-state index in [-0.39, 0.29) is 11.1 Å². The third-order valence-electron chi connectivity index (χ3n) is 4.02. The van der Waals surface area contributed by atoms with Crippen molar-refractivity contribution in [2.24, 2.45) is 0 Å². The van der Waals surface area contributed by atoms with Gasteiger partial charge >= 0.3 is 0 Å². The number of aromatic nitrogens is 1. The highest BCUT2D eigenvalue weighted by atomic mass is 35.5. The van der Waals surface area contributed by atoms with E-state index in [9.17, 15) is 15.3 Å². The van der Waals surface area contributed by atoms with Crippen LogP contribution in [0.3, 0.4) is 0 Å². The zero-order chi connectivity index (χ0) is 19.6. The van der Waals surface area contributed by atoms with Crippen molar-refractivity contribution in [3.05, 3.63) is 83.7 Å². The molecular weight excluding hydrogens is 378 g/mol. The minimum atomic E-state index is -0.264. The summed E-state index contributed by atoms with van der Waals surface area (Å²) in [6.45, 7) is 3.87. The molecule has 1 heterocycles. The van der Waals surface area contributed by atoms with Crippen LogP contribution in [0.1, 0.15) is 16.7 Å². The minimum Gasteiger partial charge on any atom is -0.267 e. The molecule has 0 aliphatic carbocycles. The normalized spacial score (nSPS) is 11.1. The second kappa shape index (κ2) is 7.63. The highest BCUT2D eigenvalue weighted by molar-refractivity contribution is 7.07. The van der Waals surface area contributed by atoms with E-state index in [2.05, 4.69) is 0 Å². The molecule has 0 bridgehead atoms. The van der Waals surface area contributed by atoms with Crippen LogP contribution in [0.25, 0.3) is 17.3 Å². The fourth-order valence-corrected chi connectivity index (χ4v) is 3.93. The van der Waals surface area contributed by atoms with E-state index in [1.165, 1.54) is 4.57 Å². The van der Waals surface area contributed by atoms with Crippen molar-refractivity contribution in [1.29, 1.82) is 10.5 Å². The summed E-state index contributed by atoms with van der Waals surface area (Å²) >= 11 is 7.04. The number of benzene rings is 2. The summed E-state index contributed by atoms with van der Waals surface area (Å²) in [4.78, 5) is 13.1. The number of rotatable bonds is 2. The molecule has 0 saturated heterocycles. The van der Waals surface area contributed by atoms with Crippen LogP contribution in [0.4, 0.5) is 0 Å². The quantitative estimate of drug-likeness (QED) is 0.673. The lowest BCUT2D eigenvalue weighted by Gasteiger charge is -2.07. The van der Waals surface area contributed by atoms with Crippen molar-refractivity contribution in [1.82, 2.24) is 4.57 Å². The number of thiazole rings is 1. The maximum Gasteiger partial charge on any atom is 0.273 e. The summed E-state index contributed by atoms with van der Waals surface area (Å²) in [6, 6.07) is 16.6. The monoisotopic (exact) mass is 391 g/mol. The van der Waals surface area contributed by atoms with E-state index < -0.39 is 0 Å². The van der Waals surface area contributed by atoms with E-state index in [1.807, 2.05) is 56.3 Å². The average molecular weight is 392 g/mol. The van der Waals surface area contributed by atoms with Gasteiger partial charge in [0.25, 0.3) is 5.56 Å². The van der Waals surface area contributed by atoms with E-state index in [1.54, 1.807) is 18.2 Å². The lowest BCUT2D eigenvalue weighted by atomic mass is 10.1. The first kappa shape index (κ1) is 18.7. The topological polar surface area (TPSA) is 69.6 Å². The van der Waals surface area contributed by atoms with E-state index in [4.69, 9.17) is 11.6 Å². The van der Waals surface area contributed by atoms with Gasteiger partial charge in [0.15, 0.2) is 5.57 Å². The molecule has 0 amide bonds. The molecule has 6 heteroatoms. The summed E-state index contributed by atoms with van der Waals surface area (Å²) in [5, 5.41) is 19.3. The fraction of sp³-hybridized carbons (Fsp3) is 0.0952. The molecule has 4 nitrogen and oxygen atoms in total. The Balaban J connectivity index is 2.40. The van der Waals surface area contributed by atoms with Gasteiger partial charge in [-0.15, -0.1) is 11.3 Å². The second-order valence-corrected chi connectivity index (χ2v) is 7.46. The standard InChI is InChI=1S/C21H14ClN3OS/c1-13-3-8-18(14(2)9-13)25-20(26)19(27-21(25)16(11-23)12-24)10-15-4-6-17(22)7-5-15/h3-10H,1-2H3/b19-10+. The number of hydrogen-bond acceptors (Lipinski definition) is 4. The molecule has 0 N–H and O–H groups in total. The zero-order valence-corrected chi connectivity index (χ0v) is 16.2. The highest BCUT2D eigenvalue weighted by Crippen LogP contribution is 2.13. The molecule has 3 aromatic rings. The third kappa shape index (κ3) is 3.71. The minimum absolute atomic E-state index is 0.0900. The van der Waals surface area contributed by atoms with Crippen LogP contribution in [0.5, 0.6) is 0 Å². The largest absolute Gasteiger partial charge is 0.273 e.